The highest BCUT2D eigenvalue weighted by molar-refractivity contribution is 6.37. The van der Waals surface area contributed by atoms with Gasteiger partial charge >= 0.3 is 0 Å². The number of benzene rings is 2. The third-order valence-electron chi connectivity index (χ3n) is 7.28. The molecule has 0 bridgehead atoms. The van der Waals surface area contributed by atoms with Gasteiger partial charge < -0.3 is 20.1 Å². The Morgan fingerprint density at radius 1 is 1.08 bits per heavy atom. The summed E-state index contributed by atoms with van der Waals surface area (Å²) in [6.45, 7) is 9.75. The molecule has 6 nitrogen and oxygen atoms in total. The van der Waals surface area contributed by atoms with Crippen molar-refractivity contribution >= 4 is 58.0 Å². The van der Waals surface area contributed by atoms with Crippen molar-refractivity contribution in [3.05, 3.63) is 52.1 Å². The highest BCUT2D eigenvalue weighted by atomic mass is 35.5. The first-order chi connectivity index (χ1) is 17.8. The molecule has 0 unspecified atom stereocenters. The summed E-state index contributed by atoms with van der Waals surface area (Å²) in [5, 5.41) is 14.9. The molecule has 1 saturated carbocycles. The number of nitrogens with one attached hydrogen (secondary N) is 1. The first kappa shape index (κ1) is 30.5. The summed E-state index contributed by atoms with van der Waals surface area (Å²) in [6, 6.07) is 9.47. The lowest BCUT2D eigenvalue weighted by molar-refractivity contribution is 0.0156. The lowest BCUT2D eigenvalue weighted by Gasteiger charge is -2.31. The molecule has 0 aliphatic heterocycles. The van der Waals surface area contributed by atoms with Gasteiger partial charge in [0.15, 0.2) is 11.5 Å². The van der Waals surface area contributed by atoms with Crippen LogP contribution in [0.15, 0.2) is 36.5 Å². The number of aromatic nitrogens is 1. The van der Waals surface area contributed by atoms with Crippen LogP contribution in [0.4, 0.5) is 5.69 Å². The molecule has 0 spiro atoms. The minimum atomic E-state index is -0.136. The number of rotatable bonds is 10. The van der Waals surface area contributed by atoms with Crippen LogP contribution in [-0.4, -0.2) is 59.2 Å². The topological polar surface area (TPSA) is 74.7 Å². The Kier molecular flexibility index (Phi) is 11.1. The van der Waals surface area contributed by atoms with Crippen LogP contribution in [0.2, 0.25) is 10.0 Å². The fourth-order valence-corrected chi connectivity index (χ4v) is 5.48. The van der Waals surface area contributed by atoms with Gasteiger partial charge in [0.05, 0.1) is 39.5 Å². The molecule has 2 aromatic carbocycles. The predicted octanol–water partition coefficient (Wildman–Crippen LogP) is 7.62. The van der Waals surface area contributed by atoms with E-state index in [1.807, 2.05) is 18.2 Å². The molecule has 1 aliphatic rings. The SMILES string of the molecule is CCN(CC)CCOC1CCC(Nc2c(C(C)=O)cnc3ccc(-c4cc(Cl)c(O)c(Cl)c4)cc23)CC1.Cl. The standard InChI is InChI=1S/C29H35Cl2N3O3.ClH/c1-4-34(5-2)12-13-37-22-9-7-21(8-10-22)33-28-23-14-19(20-15-25(30)29(36)26(31)16-20)6-11-27(23)32-17-24(28)18(3)35;/h6,11,14-17,21-22,36H,4-5,7-10,12-13H2,1-3H3,(H,32,33);1H. The maximum Gasteiger partial charge on any atom is 0.163 e. The van der Waals surface area contributed by atoms with E-state index in [0.29, 0.717) is 5.56 Å². The third-order valence-corrected chi connectivity index (χ3v) is 7.85. The molecule has 0 saturated heterocycles. The number of halogens is 3. The Bertz CT molecular complexity index is 1240. The van der Waals surface area contributed by atoms with Gasteiger partial charge in [0.25, 0.3) is 0 Å². The third kappa shape index (κ3) is 7.10. The molecule has 0 amide bonds. The maximum atomic E-state index is 12.5. The molecule has 3 aromatic rings. The van der Waals surface area contributed by atoms with Crippen molar-refractivity contribution in [1.29, 1.82) is 0 Å². The summed E-state index contributed by atoms with van der Waals surface area (Å²) in [7, 11) is 0. The van der Waals surface area contributed by atoms with E-state index in [1.165, 1.54) is 0 Å². The number of carbonyl (C=O) groups is 1. The van der Waals surface area contributed by atoms with Crippen LogP contribution in [0.5, 0.6) is 5.75 Å². The molecule has 0 atom stereocenters. The molecular formula is C29H36Cl3N3O3. The lowest BCUT2D eigenvalue weighted by atomic mass is 9.92. The van der Waals surface area contributed by atoms with E-state index in [9.17, 15) is 9.90 Å². The minimum absolute atomic E-state index is 0. The van der Waals surface area contributed by atoms with E-state index in [2.05, 4.69) is 29.0 Å². The molecule has 1 heterocycles. The van der Waals surface area contributed by atoms with Crippen LogP contribution in [0, 0.1) is 0 Å². The number of ether oxygens (including phenoxy) is 1. The van der Waals surface area contributed by atoms with Crippen LogP contribution < -0.4 is 5.32 Å². The number of phenols is 1. The van der Waals surface area contributed by atoms with Crippen molar-refractivity contribution in [3.63, 3.8) is 0 Å². The number of pyridine rings is 1. The van der Waals surface area contributed by atoms with Gasteiger partial charge in [0.1, 0.15) is 0 Å². The van der Waals surface area contributed by atoms with Gasteiger partial charge in [-0.05, 0) is 81.1 Å². The van der Waals surface area contributed by atoms with Crippen molar-refractivity contribution in [1.82, 2.24) is 9.88 Å². The number of likely N-dealkylation sites (N-methyl/N-ethyl adjacent to an activating group) is 1. The van der Waals surface area contributed by atoms with Crippen LogP contribution >= 0.6 is 35.6 Å². The van der Waals surface area contributed by atoms with E-state index < -0.39 is 0 Å². The van der Waals surface area contributed by atoms with Crippen LogP contribution in [0.25, 0.3) is 22.0 Å². The molecule has 38 heavy (non-hydrogen) atoms. The van der Waals surface area contributed by atoms with Crippen molar-refractivity contribution in [3.8, 4) is 16.9 Å². The highest BCUT2D eigenvalue weighted by Gasteiger charge is 2.24. The maximum absolute atomic E-state index is 12.5. The Morgan fingerprint density at radius 3 is 2.34 bits per heavy atom. The first-order valence-corrected chi connectivity index (χ1v) is 13.8. The molecule has 9 heteroatoms. The molecule has 0 radical (unpaired) electrons. The van der Waals surface area contributed by atoms with Gasteiger partial charge in [-0.1, -0.05) is 43.1 Å². The number of phenolic OH excluding ortho intramolecular Hbond substituents is 1. The molecule has 1 aromatic heterocycles. The van der Waals surface area contributed by atoms with E-state index in [4.69, 9.17) is 27.9 Å². The van der Waals surface area contributed by atoms with Gasteiger partial charge in [-0.15, -0.1) is 12.4 Å². The lowest BCUT2D eigenvalue weighted by Crippen LogP contribution is -2.33. The fraction of sp³-hybridized carbons (Fsp3) is 0.448. The van der Waals surface area contributed by atoms with Crippen molar-refractivity contribution in [2.45, 2.75) is 58.6 Å². The fourth-order valence-electron chi connectivity index (χ4n) is 4.99. The van der Waals surface area contributed by atoms with Crippen LogP contribution in [0.1, 0.15) is 56.8 Å². The smallest absolute Gasteiger partial charge is 0.163 e. The second-order valence-corrected chi connectivity index (χ2v) is 10.5. The van der Waals surface area contributed by atoms with Crippen molar-refractivity contribution in [2.75, 3.05) is 31.6 Å². The summed E-state index contributed by atoms with van der Waals surface area (Å²) in [6.07, 6.45) is 5.86. The second-order valence-electron chi connectivity index (χ2n) is 9.64. The zero-order valence-corrected chi connectivity index (χ0v) is 24.4. The van der Waals surface area contributed by atoms with E-state index in [0.717, 1.165) is 79.6 Å². The number of hydrogen-bond acceptors (Lipinski definition) is 6. The average Bonchev–Trinajstić information content (AvgIpc) is 2.90. The Labute approximate surface area is 241 Å². The van der Waals surface area contributed by atoms with E-state index >= 15 is 0 Å². The summed E-state index contributed by atoms with van der Waals surface area (Å²) in [5.41, 5.74) is 3.81. The number of ketones is 1. The van der Waals surface area contributed by atoms with Crippen LogP contribution in [0.3, 0.4) is 0 Å². The first-order valence-electron chi connectivity index (χ1n) is 13.0. The Hall–Kier alpha value is -2.09. The van der Waals surface area contributed by atoms with Gasteiger partial charge in [0, 0.05) is 24.2 Å². The highest BCUT2D eigenvalue weighted by Crippen LogP contribution is 2.38. The van der Waals surface area contributed by atoms with Crippen LogP contribution in [-0.2, 0) is 4.74 Å². The molecule has 2 N–H and O–H groups in total. The van der Waals surface area contributed by atoms with Gasteiger partial charge in [0.2, 0.25) is 0 Å². The molecule has 206 valence electrons. The van der Waals surface area contributed by atoms with E-state index in [-0.39, 0.29) is 46.1 Å². The molecule has 1 fully saturated rings. The average molecular weight is 581 g/mol. The number of aromatic hydroxyl groups is 1. The zero-order valence-electron chi connectivity index (χ0n) is 22.1. The van der Waals surface area contributed by atoms with Gasteiger partial charge in [-0.2, -0.15) is 0 Å². The summed E-state index contributed by atoms with van der Waals surface area (Å²) < 4.78 is 6.17. The minimum Gasteiger partial charge on any atom is -0.505 e. The number of hydrogen-bond donors (Lipinski definition) is 2. The number of fused-ring (bicyclic) bond motifs is 1. The van der Waals surface area contributed by atoms with Gasteiger partial charge in [-0.25, -0.2) is 0 Å². The second kappa shape index (κ2) is 13.8. The largest absolute Gasteiger partial charge is 0.505 e. The van der Waals surface area contributed by atoms with Crippen molar-refractivity contribution in [2.24, 2.45) is 0 Å². The summed E-state index contributed by atoms with van der Waals surface area (Å²) in [5.74, 6) is -0.171. The Balaban J connectivity index is 0.00000400. The number of anilines is 1. The molecular weight excluding hydrogens is 545 g/mol. The number of nitrogens with zero attached hydrogens (tertiary/aromatic N) is 2. The molecule has 1 aliphatic carbocycles. The molecule has 4 rings (SSSR count). The van der Waals surface area contributed by atoms with Crippen molar-refractivity contribution < 1.29 is 14.6 Å². The quantitative estimate of drug-likeness (QED) is 0.240. The summed E-state index contributed by atoms with van der Waals surface area (Å²) in [4.78, 5) is 19.5. The zero-order chi connectivity index (χ0) is 26.5. The van der Waals surface area contributed by atoms with Gasteiger partial charge in [-0.3, -0.25) is 9.78 Å². The monoisotopic (exact) mass is 579 g/mol. The normalized spacial score (nSPS) is 17.4. The summed E-state index contributed by atoms with van der Waals surface area (Å²) >= 11 is 12.3. The number of carbonyl (C=O) groups excluding carboxylic acids is 1. The van der Waals surface area contributed by atoms with E-state index in [1.54, 1.807) is 25.3 Å². The number of Topliss-reactive ketones (excluding diaryl/α,β-unsaturated/α-hetero) is 1. The predicted molar refractivity (Wildman–Crippen MR) is 160 cm³/mol. The Morgan fingerprint density at radius 2 is 1.74 bits per heavy atom.